The Labute approximate surface area is 211 Å². The molecule has 2 unspecified atom stereocenters. The molecule has 1 aromatic carbocycles. The third-order valence-corrected chi connectivity index (χ3v) is 8.18. The van der Waals surface area contributed by atoms with Crippen LogP contribution in [-0.4, -0.2) is 52.7 Å². The highest BCUT2D eigenvalue weighted by Gasteiger charge is 2.47. The number of rotatable bonds is 6. The Morgan fingerprint density at radius 3 is 2.89 bits per heavy atom. The number of pyridine rings is 1. The van der Waals surface area contributed by atoms with Crippen molar-refractivity contribution in [3.05, 3.63) is 58.7 Å². The van der Waals surface area contributed by atoms with E-state index in [2.05, 4.69) is 51.3 Å². The quantitative estimate of drug-likeness (QED) is 0.550. The van der Waals surface area contributed by atoms with E-state index < -0.39 is 0 Å². The molecule has 3 aromatic rings. The molecule has 1 aliphatic carbocycles. The molecular weight excluding hydrogens is 452 g/mol. The maximum Gasteiger partial charge on any atom is 0.254 e. The fourth-order valence-corrected chi connectivity index (χ4v) is 6.34. The molecule has 7 rings (SSSR count). The number of amides is 1. The van der Waals surface area contributed by atoms with Crippen LogP contribution in [0.5, 0.6) is 0 Å². The van der Waals surface area contributed by atoms with Gasteiger partial charge in [-0.15, -0.1) is 0 Å². The first-order valence-corrected chi connectivity index (χ1v) is 13.1. The van der Waals surface area contributed by atoms with E-state index in [0.29, 0.717) is 18.5 Å². The molecule has 1 saturated carbocycles. The number of carbonyl (C=O) groups is 1. The van der Waals surface area contributed by atoms with E-state index in [1.165, 1.54) is 17.8 Å². The van der Waals surface area contributed by atoms with Crippen LogP contribution in [0.25, 0.3) is 11.3 Å². The lowest BCUT2D eigenvalue weighted by atomic mass is 9.90. The number of carbonyl (C=O) groups excluding carboxylic acids is 1. The first kappa shape index (κ1) is 22.0. The molecule has 186 valence electrons. The largest absolute Gasteiger partial charge is 0.381 e. The molecule has 5 heterocycles. The summed E-state index contributed by atoms with van der Waals surface area (Å²) in [7, 11) is 4.14. The Balaban J connectivity index is 1.23. The SMILES string of the molecule is CN(C)Cc1nc(Nc2ccc(-c3cnc4n3C3CC3C4)c3c2C(=O)NC3)ccc1C1CCOCC1. The van der Waals surface area contributed by atoms with Crippen LogP contribution < -0.4 is 10.6 Å². The number of hydrogen-bond acceptors (Lipinski definition) is 6. The van der Waals surface area contributed by atoms with Crippen molar-refractivity contribution in [3.8, 4) is 11.3 Å². The highest BCUT2D eigenvalue weighted by atomic mass is 16.5. The molecule has 3 aliphatic heterocycles. The summed E-state index contributed by atoms with van der Waals surface area (Å²) in [5.41, 5.74) is 7.21. The molecule has 0 bridgehead atoms. The van der Waals surface area contributed by atoms with Crippen LogP contribution in [0.3, 0.4) is 0 Å². The third kappa shape index (κ3) is 3.62. The van der Waals surface area contributed by atoms with Crippen molar-refractivity contribution in [1.82, 2.24) is 24.8 Å². The summed E-state index contributed by atoms with van der Waals surface area (Å²) in [6.07, 6.45) is 6.38. The van der Waals surface area contributed by atoms with Crippen LogP contribution in [0.2, 0.25) is 0 Å². The van der Waals surface area contributed by atoms with Gasteiger partial charge in [-0.2, -0.15) is 0 Å². The number of imidazole rings is 1. The molecule has 0 spiro atoms. The number of hydrogen-bond donors (Lipinski definition) is 2. The summed E-state index contributed by atoms with van der Waals surface area (Å²) in [6, 6.07) is 9.01. The highest BCUT2D eigenvalue weighted by molar-refractivity contribution is 6.06. The van der Waals surface area contributed by atoms with E-state index in [0.717, 1.165) is 84.5 Å². The van der Waals surface area contributed by atoms with Gasteiger partial charge in [0.2, 0.25) is 0 Å². The fraction of sp³-hybridized carbons (Fsp3) is 0.464. The monoisotopic (exact) mass is 484 g/mol. The van der Waals surface area contributed by atoms with Crippen LogP contribution >= 0.6 is 0 Å². The second kappa shape index (κ2) is 8.42. The van der Waals surface area contributed by atoms with Gasteiger partial charge in [-0.05, 0) is 68.5 Å². The minimum absolute atomic E-state index is 0.0350. The van der Waals surface area contributed by atoms with E-state index in [4.69, 9.17) is 9.72 Å². The van der Waals surface area contributed by atoms with Gasteiger partial charge in [-0.1, -0.05) is 12.1 Å². The lowest BCUT2D eigenvalue weighted by Crippen LogP contribution is -2.19. The maximum atomic E-state index is 13.0. The Hall–Kier alpha value is -3.23. The molecular formula is C28H32N6O2. The van der Waals surface area contributed by atoms with Crippen LogP contribution in [0.15, 0.2) is 30.5 Å². The van der Waals surface area contributed by atoms with Gasteiger partial charge in [-0.3, -0.25) is 4.79 Å². The average molecular weight is 485 g/mol. The fourth-order valence-electron chi connectivity index (χ4n) is 6.34. The van der Waals surface area contributed by atoms with E-state index in [9.17, 15) is 4.79 Å². The van der Waals surface area contributed by atoms with Crippen molar-refractivity contribution in [2.75, 3.05) is 32.6 Å². The van der Waals surface area contributed by atoms with Gasteiger partial charge in [0.15, 0.2) is 0 Å². The van der Waals surface area contributed by atoms with Gasteiger partial charge in [0, 0.05) is 44.3 Å². The van der Waals surface area contributed by atoms with Crippen molar-refractivity contribution >= 4 is 17.4 Å². The molecule has 2 aromatic heterocycles. The van der Waals surface area contributed by atoms with E-state index in [1.54, 1.807) is 0 Å². The second-order valence-corrected chi connectivity index (χ2v) is 10.9. The van der Waals surface area contributed by atoms with Crippen molar-refractivity contribution in [2.45, 2.75) is 50.7 Å². The minimum Gasteiger partial charge on any atom is -0.381 e. The van der Waals surface area contributed by atoms with Gasteiger partial charge < -0.3 is 24.8 Å². The molecule has 0 radical (unpaired) electrons. The highest BCUT2D eigenvalue weighted by Crippen LogP contribution is 2.53. The van der Waals surface area contributed by atoms with Crippen molar-refractivity contribution in [3.63, 3.8) is 0 Å². The zero-order valence-electron chi connectivity index (χ0n) is 20.9. The average Bonchev–Trinajstić information content (AvgIpc) is 3.16. The van der Waals surface area contributed by atoms with Crippen LogP contribution in [0, 0.1) is 5.92 Å². The van der Waals surface area contributed by atoms with Crippen molar-refractivity contribution in [1.29, 1.82) is 0 Å². The Bertz CT molecular complexity index is 1360. The van der Waals surface area contributed by atoms with Crippen molar-refractivity contribution in [2.24, 2.45) is 5.92 Å². The number of nitrogens with one attached hydrogen (secondary N) is 2. The number of fused-ring (bicyclic) bond motifs is 4. The van der Waals surface area contributed by atoms with Crippen LogP contribution in [0.4, 0.5) is 11.5 Å². The van der Waals surface area contributed by atoms with E-state index in [1.807, 2.05) is 18.3 Å². The summed E-state index contributed by atoms with van der Waals surface area (Å²) in [5.74, 6) is 3.15. The summed E-state index contributed by atoms with van der Waals surface area (Å²) in [4.78, 5) is 24.8. The van der Waals surface area contributed by atoms with Crippen molar-refractivity contribution < 1.29 is 9.53 Å². The second-order valence-electron chi connectivity index (χ2n) is 10.9. The zero-order valence-corrected chi connectivity index (χ0v) is 20.9. The molecule has 8 heteroatoms. The smallest absolute Gasteiger partial charge is 0.254 e. The molecule has 1 amide bonds. The van der Waals surface area contributed by atoms with E-state index in [-0.39, 0.29) is 5.91 Å². The Morgan fingerprint density at radius 1 is 1.19 bits per heavy atom. The number of benzene rings is 1. The number of aromatic nitrogens is 3. The molecule has 1 saturated heterocycles. The summed E-state index contributed by atoms with van der Waals surface area (Å²) in [6.45, 7) is 2.92. The molecule has 2 atom stereocenters. The van der Waals surface area contributed by atoms with Gasteiger partial charge >= 0.3 is 0 Å². The molecule has 4 aliphatic rings. The first-order chi connectivity index (χ1) is 17.6. The third-order valence-electron chi connectivity index (χ3n) is 8.18. The van der Waals surface area contributed by atoms with Crippen LogP contribution in [-0.2, 0) is 24.2 Å². The zero-order chi connectivity index (χ0) is 24.4. The predicted octanol–water partition coefficient (Wildman–Crippen LogP) is 4.00. The van der Waals surface area contributed by atoms with Gasteiger partial charge in [-0.25, -0.2) is 9.97 Å². The molecule has 8 nitrogen and oxygen atoms in total. The van der Waals surface area contributed by atoms with Gasteiger partial charge in [0.1, 0.15) is 11.6 Å². The van der Waals surface area contributed by atoms with E-state index >= 15 is 0 Å². The topological polar surface area (TPSA) is 84.3 Å². The number of ether oxygens (including phenoxy) is 1. The molecule has 2 fully saturated rings. The standard InChI is InChI=1S/C28H32N6O2/c1-33(2)15-22-18(16-7-9-36-10-8-16)4-6-25(32-22)31-21-5-3-19(20-13-30-28(35)27(20)21)24-14-29-26-12-17-11-23(17)34(24)26/h3-6,14,16-17,23H,7-13,15H2,1-2H3,(H,30,35)(H,31,32). The minimum atomic E-state index is -0.0350. The molecule has 2 N–H and O–H groups in total. The Kier molecular flexibility index (Phi) is 5.15. The maximum absolute atomic E-state index is 13.0. The lowest BCUT2D eigenvalue weighted by Gasteiger charge is -2.25. The predicted molar refractivity (Wildman–Crippen MR) is 137 cm³/mol. The summed E-state index contributed by atoms with van der Waals surface area (Å²) < 4.78 is 7.98. The number of nitrogens with zero attached hydrogens (tertiary/aromatic N) is 4. The molecule has 36 heavy (non-hydrogen) atoms. The summed E-state index contributed by atoms with van der Waals surface area (Å²) >= 11 is 0. The lowest BCUT2D eigenvalue weighted by molar-refractivity contribution is 0.0849. The Morgan fingerprint density at radius 2 is 2.06 bits per heavy atom. The van der Waals surface area contributed by atoms with Gasteiger partial charge in [0.05, 0.1) is 28.8 Å². The van der Waals surface area contributed by atoms with Gasteiger partial charge in [0.25, 0.3) is 5.91 Å². The summed E-state index contributed by atoms with van der Waals surface area (Å²) in [5, 5.41) is 6.53. The normalized spacial score (nSPS) is 22.4. The van der Waals surface area contributed by atoms with Crippen LogP contribution in [0.1, 0.15) is 64.2 Å². The number of anilines is 2. The first-order valence-electron chi connectivity index (χ1n) is 13.1.